The molecule has 0 spiro atoms. The molecule has 5 heterocycles. The van der Waals surface area contributed by atoms with Crippen LogP contribution in [0, 0.1) is 0 Å². The second kappa shape index (κ2) is 16.0. The molecule has 0 aliphatic carbocycles. The number of rotatable bonds is 10. The third-order valence-electron chi connectivity index (χ3n) is 10.6. The first-order valence-corrected chi connectivity index (χ1v) is 20.7. The number of carbonyl (C=O) groups excluding carboxylic acids is 1. The van der Waals surface area contributed by atoms with Gasteiger partial charge in [-0.1, -0.05) is 53.5 Å². The minimum Gasteiger partial charge on any atom is -0.496 e. The Morgan fingerprint density at radius 1 is 0.906 bits per heavy atom. The van der Waals surface area contributed by atoms with Crippen molar-refractivity contribution in [2.24, 2.45) is 7.05 Å². The van der Waals surface area contributed by atoms with E-state index >= 15 is 0 Å². The molecule has 10 nitrogen and oxygen atoms in total. The molecule has 7 rings (SSSR count). The van der Waals surface area contributed by atoms with Crippen LogP contribution in [-0.2, 0) is 24.9 Å². The minimum atomic E-state index is -2.40. The lowest BCUT2D eigenvalue weighted by Gasteiger charge is -2.39. The van der Waals surface area contributed by atoms with Gasteiger partial charge in [-0.2, -0.15) is 10.6 Å². The number of benzene rings is 2. The third kappa shape index (κ3) is 8.22. The number of nitrogens with zero attached hydrogens (tertiary/aromatic N) is 4. The minimum absolute atomic E-state index is 0.134. The zero-order valence-corrected chi connectivity index (χ0v) is 32.6. The number of amides is 1. The number of nitrogens with one attached hydrogen (secondary N) is 2. The van der Waals surface area contributed by atoms with Gasteiger partial charge in [0.15, 0.2) is 0 Å². The number of methoxy groups -OCH3 is 1. The molecule has 2 fully saturated rings. The van der Waals surface area contributed by atoms with Crippen LogP contribution in [0.25, 0.3) is 44.7 Å². The highest BCUT2D eigenvalue weighted by molar-refractivity contribution is 8.24. The van der Waals surface area contributed by atoms with E-state index in [1.54, 1.807) is 20.2 Å². The van der Waals surface area contributed by atoms with Crippen LogP contribution in [0.4, 0.5) is 0 Å². The number of likely N-dealkylation sites (tertiary alicyclic amines) is 1. The van der Waals surface area contributed by atoms with Crippen molar-refractivity contribution in [3.8, 4) is 39.4 Å². The Morgan fingerprint density at radius 3 is 2.30 bits per heavy atom. The SMILES string of the molecule is COc1cc(-c2nccc(-c3cccc(-c4ccc5c(CNC6CCS(O)(O)CC6)cn(C)c5n4)c3Cl)c2Cl)ccc1CNC1CCN(C(C)=O)CC1. The van der Waals surface area contributed by atoms with Crippen LogP contribution in [0.2, 0.25) is 10.0 Å². The Bertz CT molecular complexity index is 2120. The summed E-state index contributed by atoms with van der Waals surface area (Å²) in [6.07, 6.45) is 7.21. The molecule has 2 aliphatic heterocycles. The predicted octanol–water partition coefficient (Wildman–Crippen LogP) is 8.39. The summed E-state index contributed by atoms with van der Waals surface area (Å²) in [5, 5.41) is 9.34. The van der Waals surface area contributed by atoms with E-state index in [9.17, 15) is 13.9 Å². The maximum absolute atomic E-state index is 11.7. The first-order chi connectivity index (χ1) is 25.5. The Labute approximate surface area is 322 Å². The number of fused-ring (bicyclic) bond motifs is 1. The van der Waals surface area contributed by atoms with Gasteiger partial charge in [-0.3, -0.25) is 18.9 Å². The van der Waals surface area contributed by atoms with Crippen LogP contribution in [-0.4, -0.2) is 78.2 Å². The zero-order chi connectivity index (χ0) is 37.3. The lowest BCUT2D eigenvalue weighted by atomic mass is 9.99. The van der Waals surface area contributed by atoms with E-state index in [-0.39, 0.29) is 11.9 Å². The first kappa shape index (κ1) is 37.6. The van der Waals surface area contributed by atoms with E-state index in [1.165, 1.54) is 0 Å². The Hall–Kier alpha value is -3.68. The summed E-state index contributed by atoms with van der Waals surface area (Å²) in [5.41, 5.74) is 7.60. The van der Waals surface area contributed by atoms with Crippen LogP contribution in [0.5, 0.6) is 5.75 Å². The smallest absolute Gasteiger partial charge is 0.219 e. The van der Waals surface area contributed by atoms with E-state index < -0.39 is 10.6 Å². The molecular weight excluding hydrogens is 731 g/mol. The number of aromatic nitrogens is 3. The summed E-state index contributed by atoms with van der Waals surface area (Å²) < 4.78 is 27.8. The second-order valence-corrected chi connectivity index (χ2v) is 17.3. The van der Waals surface area contributed by atoms with E-state index in [0.717, 1.165) is 94.6 Å². The van der Waals surface area contributed by atoms with E-state index in [1.807, 2.05) is 65.0 Å². The number of carbonyl (C=O) groups is 1. The van der Waals surface area contributed by atoms with Gasteiger partial charge in [-0.05, 0) is 55.5 Å². The van der Waals surface area contributed by atoms with Gasteiger partial charge >= 0.3 is 0 Å². The van der Waals surface area contributed by atoms with Crippen LogP contribution in [0.1, 0.15) is 43.7 Å². The monoisotopic (exact) mass is 776 g/mol. The van der Waals surface area contributed by atoms with E-state index in [4.69, 9.17) is 32.9 Å². The summed E-state index contributed by atoms with van der Waals surface area (Å²) in [7, 11) is 1.26. The number of ether oxygens (including phenoxy) is 1. The molecule has 0 unspecified atom stereocenters. The van der Waals surface area contributed by atoms with Gasteiger partial charge in [0.05, 0.1) is 28.5 Å². The van der Waals surface area contributed by atoms with Crippen molar-refractivity contribution in [2.45, 2.75) is 57.8 Å². The zero-order valence-electron chi connectivity index (χ0n) is 30.2. The molecule has 13 heteroatoms. The molecule has 2 saturated heterocycles. The van der Waals surface area contributed by atoms with E-state index in [0.29, 0.717) is 46.4 Å². The number of piperidine rings is 1. The van der Waals surface area contributed by atoms with Crippen molar-refractivity contribution in [1.29, 1.82) is 0 Å². The number of pyridine rings is 2. The number of aryl methyl sites for hydroxylation is 1. The van der Waals surface area contributed by atoms with Gasteiger partial charge in [0.25, 0.3) is 0 Å². The first-order valence-electron chi connectivity index (χ1n) is 18.0. The average molecular weight is 778 g/mol. The molecular formula is C40H46Cl2N6O4S. The lowest BCUT2D eigenvalue weighted by Crippen LogP contribution is -2.43. The summed E-state index contributed by atoms with van der Waals surface area (Å²) in [5.74, 6) is 1.80. The highest BCUT2D eigenvalue weighted by Crippen LogP contribution is 2.44. The molecule has 4 N–H and O–H groups in total. The van der Waals surface area contributed by atoms with Crippen molar-refractivity contribution in [2.75, 3.05) is 31.7 Å². The van der Waals surface area contributed by atoms with Crippen molar-refractivity contribution >= 4 is 50.7 Å². The van der Waals surface area contributed by atoms with Gasteiger partial charge in [-0.25, -0.2) is 4.98 Å². The molecule has 1 amide bonds. The summed E-state index contributed by atoms with van der Waals surface area (Å²) in [6, 6.07) is 18.5. The summed E-state index contributed by atoms with van der Waals surface area (Å²) in [4.78, 5) is 23.3. The normalized spacial score (nSPS) is 17.3. The lowest BCUT2D eigenvalue weighted by molar-refractivity contribution is -0.129. The Balaban J connectivity index is 1.09. The van der Waals surface area contributed by atoms with Crippen molar-refractivity contribution in [3.63, 3.8) is 0 Å². The molecule has 5 aromatic rings. The second-order valence-electron chi connectivity index (χ2n) is 14.1. The van der Waals surface area contributed by atoms with Crippen LogP contribution in [0.3, 0.4) is 0 Å². The van der Waals surface area contributed by atoms with Gasteiger partial charge in [-0.15, -0.1) is 0 Å². The van der Waals surface area contributed by atoms with Crippen LogP contribution >= 0.6 is 33.8 Å². The number of hydrogen-bond acceptors (Lipinski definition) is 8. The predicted molar refractivity (Wildman–Crippen MR) is 216 cm³/mol. The molecule has 0 saturated carbocycles. The highest BCUT2D eigenvalue weighted by atomic mass is 35.5. The van der Waals surface area contributed by atoms with Gasteiger partial charge in [0, 0.05) is 109 Å². The third-order valence-corrected chi connectivity index (χ3v) is 13.2. The molecule has 3 aromatic heterocycles. The quantitative estimate of drug-likeness (QED) is 0.112. The van der Waals surface area contributed by atoms with Gasteiger partial charge < -0.3 is 24.8 Å². The van der Waals surface area contributed by atoms with Crippen molar-refractivity contribution < 1.29 is 18.6 Å². The number of halogens is 2. The molecule has 2 aromatic carbocycles. The maximum atomic E-state index is 11.7. The molecule has 0 radical (unpaired) electrons. The fraction of sp³-hybridized carbons (Fsp3) is 0.375. The summed E-state index contributed by atoms with van der Waals surface area (Å²) >= 11 is 14.3. The molecule has 0 bridgehead atoms. The topological polar surface area (TPSA) is 125 Å². The standard InChI is InChI=1S/C40H46Cl2N6O4S/c1-25(49)48-17-12-29(13-18-48)44-22-27-8-7-26(21-36(27)52-3)39-38(42)33(11-16-43-39)32-5-4-6-34(37(32)41)35-10-9-31-28(24-47(2)40(31)46-35)23-45-30-14-19-53(50,51)20-15-30/h4-11,16,21,24,29-30,44-45,50-51H,12-15,17-20,22-23H2,1-3H3. The van der Waals surface area contributed by atoms with Gasteiger partial charge in [0.1, 0.15) is 11.4 Å². The molecule has 53 heavy (non-hydrogen) atoms. The van der Waals surface area contributed by atoms with Crippen molar-refractivity contribution in [3.05, 3.63) is 88.2 Å². The fourth-order valence-corrected chi connectivity index (χ4v) is 9.65. The maximum Gasteiger partial charge on any atom is 0.219 e. The fourth-order valence-electron chi connectivity index (χ4n) is 7.47. The van der Waals surface area contributed by atoms with E-state index in [2.05, 4.69) is 27.9 Å². The summed E-state index contributed by atoms with van der Waals surface area (Å²) in [6.45, 7) is 4.50. The van der Waals surface area contributed by atoms with Crippen molar-refractivity contribution in [1.82, 2.24) is 30.1 Å². The molecule has 280 valence electrons. The van der Waals surface area contributed by atoms with Crippen LogP contribution in [0.15, 0.2) is 67.0 Å². The number of hydrogen-bond donors (Lipinski definition) is 4. The molecule has 0 atom stereocenters. The molecule has 2 aliphatic rings. The Morgan fingerprint density at radius 2 is 1.58 bits per heavy atom. The average Bonchev–Trinajstić information content (AvgIpc) is 3.48. The highest BCUT2D eigenvalue weighted by Gasteiger charge is 2.25. The van der Waals surface area contributed by atoms with Crippen LogP contribution < -0.4 is 15.4 Å². The Kier molecular flexibility index (Phi) is 11.3. The largest absolute Gasteiger partial charge is 0.496 e. The van der Waals surface area contributed by atoms with Gasteiger partial charge in [0.2, 0.25) is 5.91 Å².